The second-order valence-corrected chi connectivity index (χ2v) is 6.92. The highest BCUT2D eigenvalue weighted by atomic mass is 16.5. The molecule has 3 heteroatoms. The molecule has 2 rings (SSSR count). The van der Waals surface area contributed by atoms with Crippen LogP contribution >= 0.6 is 0 Å². The van der Waals surface area contributed by atoms with Gasteiger partial charge in [-0.25, -0.2) is 0 Å². The fourth-order valence-corrected chi connectivity index (χ4v) is 3.89. The fraction of sp³-hybridized carbons (Fsp3) is 1.00. The number of ether oxygens (including phenoxy) is 1. The Morgan fingerprint density at radius 1 is 1.22 bits per heavy atom. The van der Waals surface area contributed by atoms with E-state index in [1.165, 1.54) is 32.2 Å². The van der Waals surface area contributed by atoms with Gasteiger partial charge in [0.1, 0.15) is 0 Å². The van der Waals surface area contributed by atoms with Gasteiger partial charge >= 0.3 is 0 Å². The van der Waals surface area contributed by atoms with E-state index in [1.807, 2.05) is 0 Å². The van der Waals surface area contributed by atoms with Crippen LogP contribution in [0.3, 0.4) is 0 Å². The molecule has 0 amide bonds. The molecule has 0 aromatic rings. The Morgan fingerprint density at radius 3 is 2.50 bits per heavy atom. The lowest BCUT2D eigenvalue weighted by molar-refractivity contribution is -0.132. The zero-order valence-corrected chi connectivity index (χ0v) is 12.3. The van der Waals surface area contributed by atoms with E-state index in [9.17, 15) is 0 Å². The predicted molar refractivity (Wildman–Crippen MR) is 75.6 cm³/mol. The zero-order chi connectivity index (χ0) is 13.2. The molecule has 0 radical (unpaired) electrons. The monoisotopic (exact) mass is 254 g/mol. The van der Waals surface area contributed by atoms with Gasteiger partial charge < -0.3 is 10.5 Å². The molecule has 0 spiro atoms. The lowest BCUT2D eigenvalue weighted by Crippen LogP contribution is -2.53. The smallest absolute Gasteiger partial charge is 0.0757 e. The van der Waals surface area contributed by atoms with Crippen LogP contribution in [0.4, 0.5) is 0 Å². The third-order valence-electron chi connectivity index (χ3n) is 4.50. The van der Waals surface area contributed by atoms with E-state index in [0.29, 0.717) is 6.10 Å². The van der Waals surface area contributed by atoms with Crippen molar-refractivity contribution in [3.8, 4) is 0 Å². The van der Waals surface area contributed by atoms with Gasteiger partial charge in [-0.15, -0.1) is 0 Å². The van der Waals surface area contributed by atoms with Crippen LogP contribution in [0, 0.1) is 11.8 Å². The van der Waals surface area contributed by atoms with Crippen molar-refractivity contribution in [2.24, 2.45) is 17.6 Å². The molecule has 1 saturated heterocycles. The van der Waals surface area contributed by atoms with Crippen molar-refractivity contribution in [2.45, 2.75) is 58.2 Å². The third-order valence-corrected chi connectivity index (χ3v) is 4.50. The molecular formula is C15H30N2O. The van der Waals surface area contributed by atoms with Gasteiger partial charge in [0.05, 0.1) is 11.7 Å². The maximum absolute atomic E-state index is 5.98. The summed E-state index contributed by atoms with van der Waals surface area (Å²) in [4.78, 5) is 2.60. The highest BCUT2D eigenvalue weighted by Gasteiger charge is 2.34. The molecule has 0 aromatic carbocycles. The summed E-state index contributed by atoms with van der Waals surface area (Å²) in [6, 6.07) is 0. The molecule has 2 fully saturated rings. The summed E-state index contributed by atoms with van der Waals surface area (Å²) < 4.78 is 5.98. The van der Waals surface area contributed by atoms with Crippen LogP contribution in [0.15, 0.2) is 0 Å². The van der Waals surface area contributed by atoms with Crippen LogP contribution in [0.25, 0.3) is 0 Å². The molecule has 3 atom stereocenters. The molecule has 3 nitrogen and oxygen atoms in total. The number of morpholine rings is 1. The Morgan fingerprint density at radius 2 is 1.89 bits per heavy atom. The molecule has 1 aliphatic heterocycles. The molecule has 1 heterocycles. The molecule has 2 aliphatic rings. The maximum atomic E-state index is 5.98. The van der Waals surface area contributed by atoms with Crippen molar-refractivity contribution in [2.75, 3.05) is 26.2 Å². The van der Waals surface area contributed by atoms with Crippen LogP contribution < -0.4 is 5.73 Å². The number of nitrogens with two attached hydrogens (primary N) is 1. The topological polar surface area (TPSA) is 38.5 Å². The standard InChI is InChI=1S/C15H30N2O/c1-12-9-17(11-15(2,3)18-12)10-14-7-5-4-6-13(14)8-16/h12-14H,4-11,16H2,1-3H3. The minimum atomic E-state index is 0.00451. The molecule has 106 valence electrons. The van der Waals surface area contributed by atoms with Crippen molar-refractivity contribution >= 4 is 0 Å². The second kappa shape index (κ2) is 5.89. The minimum absolute atomic E-state index is 0.00451. The van der Waals surface area contributed by atoms with E-state index < -0.39 is 0 Å². The highest BCUT2D eigenvalue weighted by Crippen LogP contribution is 2.31. The Labute approximate surface area is 112 Å². The van der Waals surface area contributed by atoms with Gasteiger partial charge in [-0.05, 0) is 52.0 Å². The lowest BCUT2D eigenvalue weighted by atomic mass is 9.79. The molecule has 0 aromatic heterocycles. The normalized spacial score (nSPS) is 37.7. The highest BCUT2D eigenvalue weighted by molar-refractivity contribution is 4.86. The first kappa shape index (κ1) is 14.3. The first-order chi connectivity index (χ1) is 8.50. The van der Waals surface area contributed by atoms with E-state index in [1.54, 1.807) is 0 Å². The predicted octanol–water partition coefficient (Wildman–Crippen LogP) is 2.25. The Balaban J connectivity index is 1.91. The van der Waals surface area contributed by atoms with E-state index in [2.05, 4.69) is 25.7 Å². The van der Waals surface area contributed by atoms with Crippen molar-refractivity contribution in [3.63, 3.8) is 0 Å². The van der Waals surface area contributed by atoms with Crippen LogP contribution in [-0.2, 0) is 4.74 Å². The Hall–Kier alpha value is -0.120. The summed E-state index contributed by atoms with van der Waals surface area (Å²) in [6.07, 6.45) is 5.83. The number of hydrogen-bond donors (Lipinski definition) is 1. The molecule has 2 N–H and O–H groups in total. The van der Waals surface area contributed by atoms with Gasteiger partial charge in [0.15, 0.2) is 0 Å². The van der Waals surface area contributed by atoms with Crippen molar-refractivity contribution in [3.05, 3.63) is 0 Å². The van der Waals surface area contributed by atoms with Gasteiger partial charge in [-0.2, -0.15) is 0 Å². The largest absolute Gasteiger partial charge is 0.370 e. The maximum Gasteiger partial charge on any atom is 0.0757 e. The molecular weight excluding hydrogens is 224 g/mol. The van der Waals surface area contributed by atoms with E-state index >= 15 is 0 Å². The zero-order valence-electron chi connectivity index (χ0n) is 12.3. The average Bonchev–Trinajstić information content (AvgIpc) is 2.27. The van der Waals surface area contributed by atoms with Gasteiger partial charge in [0, 0.05) is 19.6 Å². The quantitative estimate of drug-likeness (QED) is 0.839. The number of nitrogens with zero attached hydrogens (tertiary/aromatic N) is 1. The van der Waals surface area contributed by atoms with Gasteiger partial charge in [0.25, 0.3) is 0 Å². The van der Waals surface area contributed by atoms with Crippen molar-refractivity contribution < 1.29 is 4.74 Å². The van der Waals surface area contributed by atoms with E-state index in [-0.39, 0.29) is 5.60 Å². The fourth-order valence-electron chi connectivity index (χ4n) is 3.89. The summed E-state index contributed by atoms with van der Waals surface area (Å²) in [5, 5.41) is 0. The van der Waals surface area contributed by atoms with E-state index in [0.717, 1.165) is 31.5 Å². The molecule has 1 aliphatic carbocycles. The van der Waals surface area contributed by atoms with Crippen molar-refractivity contribution in [1.82, 2.24) is 4.90 Å². The van der Waals surface area contributed by atoms with Crippen LogP contribution in [0.5, 0.6) is 0 Å². The van der Waals surface area contributed by atoms with Crippen LogP contribution in [0.2, 0.25) is 0 Å². The number of rotatable bonds is 3. The van der Waals surface area contributed by atoms with Gasteiger partial charge in [0.2, 0.25) is 0 Å². The first-order valence-corrected chi connectivity index (χ1v) is 7.60. The Bertz CT molecular complexity index is 267. The summed E-state index contributed by atoms with van der Waals surface area (Å²) in [5.41, 5.74) is 5.94. The third kappa shape index (κ3) is 3.69. The van der Waals surface area contributed by atoms with Gasteiger partial charge in [-0.1, -0.05) is 12.8 Å². The summed E-state index contributed by atoms with van der Waals surface area (Å²) in [5.74, 6) is 1.56. The molecule has 1 saturated carbocycles. The Kier molecular flexibility index (Phi) is 4.68. The van der Waals surface area contributed by atoms with Gasteiger partial charge in [-0.3, -0.25) is 4.90 Å². The molecule has 3 unspecified atom stereocenters. The summed E-state index contributed by atoms with van der Waals surface area (Å²) >= 11 is 0. The minimum Gasteiger partial charge on any atom is -0.370 e. The molecule has 0 bridgehead atoms. The first-order valence-electron chi connectivity index (χ1n) is 7.60. The second-order valence-electron chi connectivity index (χ2n) is 6.92. The lowest BCUT2D eigenvalue weighted by Gasteiger charge is -2.44. The van der Waals surface area contributed by atoms with Crippen LogP contribution in [0.1, 0.15) is 46.5 Å². The van der Waals surface area contributed by atoms with Crippen LogP contribution in [-0.4, -0.2) is 42.8 Å². The molecule has 18 heavy (non-hydrogen) atoms. The number of hydrogen-bond acceptors (Lipinski definition) is 3. The summed E-state index contributed by atoms with van der Waals surface area (Å²) in [7, 11) is 0. The van der Waals surface area contributed by atoms with E-state index in [4.69, 9.17) is 10.5 Å². The van der Waals surface area contributed by atoms with Crippen molar-refractivity contribution in [1.29, 1.82) is 0 Å². The SMILES string of the molecule is CC1CN(CC2CCCCC2CN)CC(C)(C)O1. The average molecular weight is 254 g/mol. The summed E-state index contributed by atoms with van der Waals surface area (Å²) in [6.45, 7) is 10.8.